The zero-order valence-corrected chi connectivity index (χ0v) is 13.4. The second kappa shape index (κ2) is 6.56. The van der Waals surface area contributed by atoms with Crippen molar-refractivity contribution in [2.75, 3.05) is 5.75 Å². The van der Waals surface area contributed by atoms with Crippen molar-refractivity contribution in [3.8, 4) is 0 Å². The number of halogens is 1. The Kier molecular flexibility index (Phi) is 5.01. The highest BCUT2D eigenvalue weighted by molar-refractivity contribution is 8.14. The summed E-state index contributed by atoms with van der Waals surface area (Å²) < 4.78 is 2.96. The van der Waals surface area contributed by atoms with E-state index in [-0.39, 0.29) is 16.8 Å². The van der Waals surface area contributed by atoms with Crippen LogP contribution in [0.3, 0.4) is 0 Å². The Hall–Kier alpha value is -1.11. The molecule has 0 spiro atoms. The summed E-state index contributed by atoms with van der Waals surface area (Å²) in [6, 6.07) is 5.60. The van der Waals surface area contributed by atoms with E-state index in [1.165, 1.54) is 18.3 Å². The topological polar surface area (TPSA) is 51.4 Å². The highest BCUT2D eigenvalue weighted by atomic mass is 35.5. The van der Waals surface area contributed by atoms with Crippen LogP contribution in [0.2, 0.25) is 5.02 Å². The Bertz CT molecular complexity index is 734. The fraction of sp³-hybridized carbons (Fsp3) is 0.308. The van der Waals surface area contributed by atoms with E-state index in [0.29, 0.717) is 16.4 Å². The summed E-state index contributed by atoms with van der Waals surface area (Å²) in [6.45, 7) is 4.15. The molecule has 0 N–H and O–H groups in total. The summed E-state index contributed by atoms with van der Waals surface area (Å²) >= 11 is 8.37. The molecule has 4 nitrogen and oxygen atoms in total. The minimum Gasteiger partial charge on any atom is -0.317 e. The van der Waals surface area contributed by atoms with Crippen LogP contribution in [0.4, 0.5) is 0 Å². The number of rotatable bonds is 3. The molecule has 106 valence electrons. The molecule has 0 atom stereocenters. The highest BCUT2D eigenvalue weighted by Gasteiger charge is 2.08. The van der Waals surface area contributed by atoms with Crippen molar-refractivity contribution in [3.63, 3.8) is 0 Å². The van der Waals surface area contributed by atoms with Crippen LogP contribution in [0.1, 0.15) is 13.8 Å². The quantitative estimate of drug-likeness (QED) is 0.870. The Morgan fingerprint density at radius 1 is 1.45 bits per heavy atom. The molecule has 0 radical (unpaired) electrons. The number of nitrogens with zero attached hydrogens (tertiary/aromatic N) is 2. The number of carbonyl (C=O) groups excluding carboxylic acids is 2. The third-order valence-electron chi connectivity index (χ3n) is 2.58. The molecule has 0 aliphatic heterocycles. The van der Waals surface area contributed by atoms with Crippen molar-refractivity contribution in [1.29, 1.82) is 0 Å². The van der Waals surface area contributed by atoms with Crippen molar-refractivity contribution in [3.05, 3.63) is 28.0 Å². The van der Waals surface area contributed by atoms with E-state index >= 15 is 0 Å². The van der Waals surface area contributed by atoms with E-state index in [4.69, 9.17) is 11.6 Å². The van der Waals surface area contributed by atoms with Crippen molar-refractivity contribution in [2.45, 2.75) is 20.4 Å². The lowest BCUT2D eigenvalue weighted by atomic mass is 10.3. The Labute approximate surface area is 129 Å². The molecule has 0 aliphatic carbocycles. The lowest BCUT2D eigenvalue weighted by Crippen LogP contribution is -2.16. The van der Waals surface area contributed by atoms with Crippen LogP contribution in [-0.2, 0) is 16.1 Å². The first-order valence-corrected chi connectivity index (χ1v) is 8.19. The number of benzene rings is 1. The molecular weight excluding hydrogens is 316 g/mol. The molecule has 0 saturated carbocycles. The first kappa shape index (κ1) is 15.3. The van der Waals surface area contributed by atoms with Gasteiger partial charge in [0, 0.05) is 18.5 Å². The van der Waals surface area contributed by atoms with Gasteiger partial charge in [0.25, 0.3) is 5.91 Å². The fourth-order valence-corrected chi connectivity index (χ4v) is 3.52. The third kappa shape index (κ3) is 3.50. The largest absolute Gasteiger partial charge is 0.317 e. The van der Waals surface area contributed by atoms with Gasteiger partial charge in [0.2, 0.25) is 0 Å². The molecule has 20 heavy (non-hydrogen) atoms. The van der Waals surface area contributed by atoms with Gasteiger partial charge in [-0.15, -0.1) is 0 Å². The van der Waals surface area contributed by atoms with Gasteiger partial charge in [-0.2, -0.15) is 4.99 Å². The maximum Gasteiger partial charge on any atom is 0.258 e. The van der Waals surface area contributed by atoms with Gasteiger partial charge >= 0.3 is 0 Å². The van der Waals surface area contributed by atoms with Gasteiger partial charge in [0.15, 0.2) is 9.92 Å². The van der Waals surface area contributed by atoms with Gasteiger partial charge in [-0.05, 0) is 25.1 Å². The average Bonchev–Trinajstić information content (AvgIpc) is 2.72. The molecule has 1 aromatic carbocycles. The van der Waals surface area contributed by atoms with Crippen LogP contribution < -0.4 is 4.80 Å². The van der Waals surface area contributed by atoms with Crippen LogP contribution in [0.25, 0.3) is 10.2 Å². The van der Waals surface area contributed by atoms with E-state index in [1.54, 1.807) is 0 Å². The first-order chi connectivity index (χ1) is 9.51. The molecule has 0 fully saturated rings. The maximum atomic E-state index is 11.8. The Morgan fingerprint density at radius 3 is 2.85 bits per heavy atom. The van der Waals surface area contributed by atoms with Crippen LogP contribution in [0.5, 0.6) is 0 Å². The molecule has 0 bridgehead atoms. The second-order valence-electron chi connectivity index (χ2n) is 4.03. The van der Waals surface area contributed by atoms with E-state index in [1.807, 2.05) is 29.7 Å². The van der Waals surface area contributed by atoms with Gasteiger partial charge < -0.3 is 4.57 Å². The lowest BCUT2D eigenvalue weighted by Gasteiger charge is -1.99. The molecule has 0 unspecified atom stereocenters. The van der Waals surface area contributed by atoms with Gasteiger partial charge in [-0.1, -0.05) is 34.7 Å². The molecule has 1 amide bonds. The van der Waals surface area contributed by atoms with Crippen LogP contribution in [0.15, 0.2) is 23.2 Å². The van der Waals surface area contributed by atoms with Gasteiger partial charge in [0.1, 0.15) is 0 Å². The van der Waals surface area contributed by atoms with E-state index in [0.717, 1.165) is 22.0 Å². The third-order valence-corrected chi connectivity index (χ3v) is 4.65. The number of amides is 1. The SMILES string of the molecule is CCn1c(=NC(=O)CSC(C)=O)sc2cc(Cl)ccc21. The van der Waals surface area contributed by atoms with Crippen molar-refractivity contribution in [2.24, 2.45) is 4.99 Å². The molecule has 0 saturated heterocycles. The highest BCUT2D eigenvalue weighted by Crippen LogP contribution is 2.21. The normalized spacial score (nSPS) is 12.1. The average molecular weight is 329 g/mol. The number of hydrogen-bond acceptors (Lipinski definition) is 4. The molecule has 1 aromatic heterocycles. The van der Waals surface area contributed by atoms with Gasteiger partial charge in [-0.25, -0.2) is 0 Å². The van der Waals surface area contributed by atoms with E-state index in [2.05, 4.69) is 4.99 Å². The summed E-state index contributed by atoms with van der Waals surface area (Å²) in [6.07, 6.45) is 0. The molecule has 2 rings (SSSR count). The number of thioether (sulfide) groups is 1. The zero-order valence-electron chi connectivity index (χ0n) is 11.1. The Morgan fingerprint density at radius 2 is 2.20 bits per heavy atom. The summed E-state index contributed by atoms with van der Waals surface area (Å²) in [4.78, 5) is 27.3. The molecule has 1 heterocycles. The van der Waals surface area contributed by atoms with Crippen molar-refractivity contribution >= 4 is 55.9 Å². The fourth-order valence-electron chi connectivity index (χ4n) is 1.74. The van der Waals surface area contributed by atoms with Crippen molar-refractivity contribution in [1.82, 2.24) is 4.57 Å². The van der Waals surface area contributed by atoms with Crippen LogP contribution in [-0.4, -0.2) is 21.3 Å². The molecule has 7 heteroatoms. The van der Waals surface area contributed by atoms with E-state index < -0.39 is 0 Å². The second-order valence-corrected chi connectivity index (χ2v) is 6.62. The summed E-state index contributed by atoms with van der Waals surface area (Å²) in [5.41, 5.74) is 1.01. The summed E-state index contributed by atoms with van der Waals surface area (Å²) in [5.74, 6) is -0.223. The van der Waals surface area contributed by atoms with Crippen LogP contribution in [0, 0.1) is 0 Å². The minimum atomic E-state index is -0.301. The predicted molar refractivity (Wildman–Crippen MR) is 84.2 cm³/mol. The molecular formula is C13H13ClN2O2S2. The smallest absolute Gasteiger partial charge is 0.258 e. The number of thiazole rings is 1. The van der Waals surface area contributed by atoms with Crippen LogP contribution >= 0.6 is 34.7 Å². The summed E-state index contributed by atoms with van der Waals surface area (Å²) in [5, 5.41) is 0.576. The molecule has 0 aliphatic rings. The maximum absolute atomic E-state index is 11.8. The monoisotopic (exact) mass is 328 g/mol. The number of fused-ring (bicyclic) bond motifs is 1. The standard InChI is InChI=1S/C13H13ClN2O2S2/c1-3-16-10-5-4-9(14)6-11(10)20-13(16)15-12(18)7-19-8(2)17/h4-6H,3,7H2,1-2H3. The molecule has 2 aromatic rings. The predicted octanol–water partition coefficient (Wildman–Crippen LogP) is 3.08. The number of aromatic nitrogens is 1. The van der Waals surface area contributed by atoms with Gasteiger partial charge in [0.05, 0.1) is 16.0 Å². The number of carbonyl (C=O) groups is 2. The van der Waals surface area contributed by atoms with E-state index in [9.17, 15) is 9.59 Å². The minimum absolute atomic E-state index is 0.0774. The first-order valence-electron chi connectivity index (χ1n) is 6.01. The lowest BCUT2D eigenvalue weighted by molar-refractivity contribution is -0.116. The van der Waals surface area contributed by atoms with Crippen molar-refractivity contribution < 1.29 is 9.59 Å². The number of aryl methyl sites for hydroxylation is 1. The van der Waals surface area contributed by atoms with Gasteiger partial charge in [-0.3, -0.25) is 9.59 Å². The zero-order chi connectivity index (χ0) is 14.7. The summed E-state index contributed by atoms with van der Waals surface area (Å²) in [7, 11) is 0. The number of hydrogen-bond donors (Lipinski definition) is 0. The Balaban J connectivity index is 2.42.